The number of para-hydroxylation sites is 1. The van der Waals surface area contributed by atoms with Gasteiger partial charge in [0.25, 0.3) is 0 Å². The number of rotatable bonds is 4. The maximum atomic E-state index is 12.4. The van der Waals surface area contributed by atoms with E-state index < -0.39 is 12.7 Å². The van der Waals surface area contributed by atoms with Crippen molar-refractivity contribution < 1.29 is 13.5 Å². The summed E-state index contributed by atoms with van der Waals surface area (Å²) < 4.78 is 31.1. The highest BCUT2D eigenvalue weighted by molar-refractivity contribution is 9.10. The third-order valence-corrected chi connectivity index (χ3v) is 3.16. The first-order chi connectivity index (χ1) is 9.00. The minimum Gasteiger partial charge on any atom is -0.434 e. The van der Waals surface area contributed by atoms with Crippen molar-refractivity contribution in [2.24, 2.45) is 12.8 Å². The van der Waals surface area contributed by atoms with Gasteiger partial charge in [0, 0.05) is 12.6 Å². The number of alkyl halides is 2. The van der Waals surface area contributed by atoms with Gasteiger partial charge in [-0.1, -0.05) is 23.4 Å². The zero-order chi connectivity index (χ0) is 14.0. The van der Waals surface area contributed by atoms with Crippen LogP contribution in [0.15, 0.2) is 28.9 Å². The van der Waals surface area contributed by atoms with Crippen LogP contribution in [0.4, 0.5) is 8.78 Å². The minimum atomic E-state index is -2.90. The molecule has 2 aromatic rings. The summed E-state index contributed by atoms with van der Waals surface area (Å²) in [6.45, 7) is -2.90. The zero-order valence-corrected chi connectivity index (χ0v) is 11.5. The second-order valence-corrected chi connectivity index (χ2v) is 4.53. The van der Waals surface area contributed by atoms with E-state index >= 15 is 0 Å². The summed E-state index contributed by atoms with van der Waals surface area (Å²) in [5.74, 6) is 0.0399. The van der Waals surface area contributed by atoms with Crippen LogP contribution in [-0.2, 0) is 7.05 Å². The molecule has 0 aliphatic rings. The number of hydrogen-bond donors (Lipinski definition) is 1. The van der Waals surface area contributed by atoms with Crippen LogP contribution in [0.5, 0.6) is 5.75 Å². The van der Waals surface area contributed by atoms with E-state index in [0.29, 0.717) is 15.9 Å². The lowest BCUT2D eigenvalue weighted by Crippen LogP contribution is -2.18. The van der Waals surface area contributed by atoms with E-state index in [1.807, 2.05) is 0 Å². The summed E-state index contributed by atoms with van der Waals surface area (Å²) >= 11 is 3.23. The monoisotopic (exact) mass is 332 g/mol. The van der Waals surface area contributed by atoms with Gasteiger partial charge in [-0.2, -0.15) is 8.78 Å². The molecule has 2 rings (SSSR count). The average Bonchev–Trinajstić information content (AvgIpc) is 2.68. The lowest BCUT2D eigenvalue weighted by Gasteiger charge is -2.16. The largest absolute Gasteiger partial charge is 0.434 e. The fourth-order valence-corrected chi connectivity index (χ4v) is 2.33. The quantitative estimate of drug-likeness (QED) is 0.932. The van der Waals surface area contributed by atoms with Crippen molar-refractivity contribution in [3.05, 3.63) is 40.1 Å². The van der Waals surface area contributed by atoms with Gasteiger partial charge in [0.2, 0.25) is 0 Å². The summed E-state index contributed by atoms with van der Waals surface area (Å²) in [7, 11) is 1.67. The SMILES string of the molecule is Cn1nnc(Br)c1C(N)c1ccccc1OC(F)F. The molecule has 0 aliphatic carbocycles. The number of aromatic nitrogens is 3. The summed E-state index contributed by atoms with van der Waals surface area (Å²) in [5, 5.41) is 7.62. The topological polar surface area (TPSA) is 66.0 Å². The van der Waals surface area contributed by atoms with Gasteiger partial charge < -0.3 is 10.5 Å². The Bertz CT molecular complexity index is 556. The van der Waals surface area contributed by atoms with E-state index in [0.717, 1.165) is 0 Å². The average molecular weight is 333 g/mol. The highest BCUT2D eigenvalue weighted by atomic mass is 79.9. The molecule has 8 heteroatoms. The van der Waals surface area contributed by atoms with Crippen LogP contribution in [0.1, 0.15) is 17.3 Å². The maximum Gasteiger partial charge on any atom is 0.387 e. The summed E-state index contributed by atoms with van der Waals surface area (Å²) in [6, 6.07) is 5.70. The van der Waals surface area contributed by atoms with E-state index in [4.69, 9.17) is 5.73 Å². The number of aryl methyl sites for hydroxylation is 1. The Balaban J connectivity index is 2.41. The molecule has 1 aromatic heterocycles. The molecule has 0 bridgehead atoms. The lowest BCUT2D eigenvalue weighted by atomic mass is 10.0. The number of halogens is 3. The molecule has 0 aliphatic heterocycles. The summed E-state index contributed by atoms with van der Waals surface area (Å²) in [4.78, 5) is 0. The van der Waals surface area contributed by atoms with E-state index in [-0.39, 0.29) is 5.75 Å². The van der Waals surface area contributed by atoms with Crippen molar-refractivity contribution in [1.82, 2.24) is 15.0 Å². The highest BCUT2D eigenvalue weighted by Crippen LogP contribution is 2.31. The van der Waals surface area contributed by atoms with Crippen molar-refractivity contribution in [3.63, 3.8) is 0 Å². The molecule has 0 saturated heterocycles. The third-order valence-electron chi connectivity index (χ3n) is 2.59. The first-order valence-corrected chi connectivity index (χ1v) is 6.14. The molecule has 1 heterocycles. The molecule has 1 unspecified atom stereocenters. The Hall–Kier alpha value is -1.54. The number of benzene rings is 1. The van der Waals surface area contributed by atoms with Crippen molar-refractivity contribution in [1.29, 1.82) is 0 Å². The Morgan fingerprint density at radius 1 is 1.37 bits per heavy atom. The number of nitrogens with zero attached hydrogens (tertiary/aromatic N) is 3. The van der Waals surface area contributed by atoms with Gasteiger partial charge >= 0.3 is 6.61 Å². The number of nitrogens with two attached hydrogens (primary N) is 1. The smallest absolute Gasteiger partial charge is 0.387 e. The van der Waals surface area contributed by atoms with Gasteiger partial charge in [0.15, 0.2) is 4.60 Å². The molecule has 0 fully saturated rings. The van der Waals surface area contributed by atoms with Gasteiger partial charge in [0.1, 0.15) is 5.75 Å². The van der Waals surface area contributed by atoms with Crippen molar-refractivity contribution >= 4 is 15.9 Å². The van der Waals surface area contributed by atoms with Crippen LogP contribution in [0.2, 0.25) is 0 Å². The van der Waals surface area contributed by atoms with Crippen LogP contribution in [0.25, 0.3) is 0 Å². The molecule has 2 N–H and O–H groups in total. The second kappa shape index (κ2) is 5.62. The second-order valence-electron chi connectivity index (χ2n) is 3.78. The fourth-order valence-electron chi connectivity index (χ4n) is 1.76. The maximum absolute atomic E-state index is 12.4. The van der Waals surface area contributed by atoms with E-state index in [9.17, 15) is 8.78 Å². The molecule has 1 atom stereocenters. The first kappa shape index (κ1) is 13.9. The molecular formula is C11H11BrF2N4O. The zero-order valence-electron chi connectivity index (χ0n) is 9.93. The predicted octanol–water partition coefficient (Wildman–Crippen LogP) is 2.23. The van der Waals surface area contributed by atoms with Crippen molar-refractivity contribution in [3.8, 4) is 5.75 Å². The summed E-state index contributed by atoms with van der Waals surface area (Å²) in [5.41, 5.74) is 7.10. The first-order valence-electron chi connectivity index (χ1n) is 5.35. The van der Waals surface area contributed by atoms with E-state index in [2.05, 4.69) is 31.0 Å². The third kappa shape index (κ3) is 2.90. The van der Waals surface area contributed by atoms with Gasteiger partial charge in [-0.3, -0.25) is 0 Å². The Kier molecular flexibility index (Phi) is 4.11. The highest BCUT2D eigenvalue weighted by Gasteiger charge is 2.22. The standard InChI is InChI=1S/C11H11BrF2N4O/c1-18-9(10(12)16-17-18)8(15)6-4-2-3-5-7(6)19-11(13)14/h2-5,8,11H,15H2,1H3. The van der Waals surface area contributed by atoms with Gasteiger partial charge in [-0.05, 0) is 22.0 Å². The Morgan fingerprint density at radius 2 is 2.05 bits per heavy atom. The van der Waals surface area contributed by atoms with Crippen LogP contribution in [-0.4, -0.2) is 21.6 Å². The molecule has 1 aromatic carbocycles. The van der Waals surface area contributed by atoms with E-state index in [1.54, 1.807) is 25.2 Å². The molecule has 19 heavy (non-hydrogen) atoms. The molecule has 0 radical (unpaired) electrons. The van der Waals surface area contributed by atoms with Gasteiger partial charge in [-0.15, -0.1) is 5.10 Å². The number of hydrogen-bond acceptors (Lipinski definition) is 4. The minimum absolute atomic E-state index is 0.0399. The van der Waals surface area contributed by atoms with Crippen LogP contribution >= 0.6 is 15.9 Å². The van der Waals surface area contributed by atoms with Crippen molar-refractivity contribution in [2.45, 2.75) is 12.7 Å². The summed E-state index contributed by atoms with van der Waals surface area (Å²) in [6.07, 6.45) is 0. The van der Waals surface area contributed by atoms with Crippen LogP contribution in [0, 0.1) is 0 Å². The van der Waals surface area contributed by atoms with Crippen LogP contribution < -0.4 is 10.5 Å². The normalized spacial score (nSPS) is 12.7. The lowest BCUT2D eigenvalue weighted by molar-refractivity contribution is -0.0505. The molecule has 0 saturated carbocycles. The Morgan fingerprint density at radius 3 is 2.63 bits per heavy atom. The molecular weight excluding hydrogens is 322 g/mol. The molecule has 0 spiro atoms. The Labute approximate surface area is 116 Å². The fraction of sp³-hybridized carbons (Fsp3) is 0.273. The molecule has 5 nitrogen and oxygen atoms in total. The van der Waals surface area contributed by atoms with Crippen LogP contribution in [0.3, 0.4) is 0 Å². The van der Waals surface area contributed by atoms with Crippen molar-refractivity contribution in [2.75, 3.05) is 0 Å². The number of ether oxygens (including phenoxy) is 1. The predicted molar refractivity (Wildman–Crippen MR) is 67.8 cm³/mol. The van der Waals surface area contributed by atoms with Gasteiger partial charge in [-0.25, -0.2) is 4.68 Å². The van der Waals surface area contributed by atoms with E-state index in [1.165, 1.54) is 10.7 Å². The molecule has 0 amide bonds. The van der Waals surface area contributed by atoms with Gasteiger partial charge in [0.05, 0.1) is 11.7 Å². The molecule has 102 valence electrons.